The first-order chi connectivity index (χ1) is 11.6. The van der Waals surface area contributed by atoms with Crippen LogP contribution < -0.4 is 0 Å². The van der Waals surface area contributed by atoms with Gasteiger partial charge in [0.1, 0.15) is 12.1 Å². The summed E-state index contributed by atoms with van der Waals surface area (Å²) in [4.78, 5) is -1.31. The predicted molar refractivity (Wildman–Crippen MR) is 79.7 cm³/mol. The molecule has 128 valence electrons. The van der Waals surface area contributed by atoms with Crippen LogP contribution in [0.25, 0.3) is 11.1 Å². The summed E-state index contributed by atoms with van der Waals surface area (Å²) in [6.45, 7) is 0. The summed E-state index contributed by atoms with van der Waals surface area (Å²) in [5, 5.41) is 20.3. The van der Waals surface area contributed by atoms with Crippen LogP contribution in [0.15, 0.2) is 22.9 Å². The van der Waals surface area contributed by atoms with Gasteiger partial charge in [0.25, 0.3) is 0 Å². The second kappa shape index (κ2) is 5.35. The van der Waals surface area contributed by atoms with Gasteiger partial charge in [-0.05, 0) is 22.9 Å². The number of nitrogens with zero attached hydrogens (tertiary/aromatic N) is 2. The number of hydrogen-bond donors (Lipinski definition) is 0. The largest absolute Gasteiger partial charge is 0.380 e. The standard InChI is InChI=1S/C15H4F6N2S2/c16-13(17)9(11-7(5-22)1-3-24-11)10(14(18,19)15(13,20)21)12-8(6-23)2-4-25-12/h1-4H. The zero-order valence-corrected chi connectivity index (χ0v) is 13.4. The fraction of sp³-hybridized carbons (Fsp3) is 0.200. The maximum atomic E-state index is 14.4. The second-order valence-corrected chi connectivity index (χ2v) is 6.86. The minimum absolute atomic E-state index is 0.416. The van der Waals surface area contributed by atoms with Crippen LogP contribution in [-0.4, -0.2) is 17.8 Å². The normalized spacial score (nSPS) is 20.3. The zero-order valence-electron chi connectivity index (χ0n) is 11.8. The molecule has 3 rings (SSSR count). The van der Waals surface area contributed by atoms with Gasteiger partial charge in [0.15, 0.2) is 0 Å². The SMILES string of the molecule is N#Cc1ccsc1C1=C(c2sccc2C#N)C(F)(F)C(F)(F)C1(F)F. The van der Waals surface area contributed by atoms with E-state index in [4.69, 9.17) is 10.5 Å². The van der Waals surface area contributed by atoms with E-state index >= 15 is 0 Å². The molecule has 0 radical (unpaired) electrons. The Hall–Kier alpha value is -2.30. The van der Waals surface area contributed by atoms with Crippen LogP contribution in [0.5, 0.6) is 0 Å². The summed E-state index contributed by atoms with van der Waals surface area (Å²) >= 11 is 0.969. The fourth-order valence-electron chi connectivity index (χ4n) is 2.52. The minimum atomic E-state index is -5.70. The Morgan fingerprint density at radius 3 is 1.40 bits per heavy atom. The van der Waals surface area contributed by atoms with Gasteiger partial charge >= 0.3 is 17.8 Å². The molecule has 0 unspecified atom stereocenters. The van der Waals surface area contributed by atoms with Crippen molar-refractivity contribution in [3.05, 3.63) is 43.8 Å². The lowest BCUT2D eigenvalue weighted by Crippen LogP contribution is -2.48. The van der Waals surface area contributed by atoms with E-state index in [2.05, 4.69) is 0 Å². The summed E-state index contributed by atoms with van der Waals surface area (Å²) in [6.07, 6.45) is 0. The van der Waals surface area contributed by atoms with Gasteiger partial charge in [0.05, 0.1) is 32.0 Å². The van der Waals surface area contributed by atoms with Gasteiger partial charge in [0, 0.05) is 0 Å². The van der Waals surface area contributed by atoms with E-state index in [1.165, 1.54) is 22.9 Å². The van der Waals surface area contributed by atoms with E-state index < -0.39 is 49.8 Å². The molecule has 0 bridgehead atoms. The molecule has 0 saturated heterocycles. The molecule has 1 aliphatic carbocycles. The second-order valence-electron chi connectivity index (χ2n) is 5.02. The number of allylic oxidation sites excluding steroid dienone is 2. The Balaban J connectivity index is 2.48. The highest BCUT2D eigenvalue weighted by atomic mass is 32.1. The van der Waals surface area contributed by atoms with Crippen LogP contribution in [0.3, 0.4) is 0 Å². The van der Waals surface area contributed by atoms with Gasteiger partial charge in [-0.3, -0.25) is 0 Å². The molecule has 2 aromatic rings. The van der Waals surface area contributed by atoms with Crippen molar-refractivity contribution in [2.24, 2.45) is 0 Å². The van der Waals surface area contributed by atoms with E-state index in [1.807, 2.05) is 0 Å². The third-order valence-corrected chi connectivity index (χ3v) is 5.56. The lowest BCUT2D eigenvalue weighted by Gasteiger charge is -2.25. The summed E-state index contributed by atoms with van der Waals surface area (Å²) in [6, 6.07) is 5.22. The van der Waals surface area contributed by atoms with Crippen LogP contribution in [0, 0.1) is 22.7 Å². The zero-order chi connectivity index (χ0) is 18.6. The molecule has 2 heterocycles. The number of halogens is 6. The van der Waals surface area contributed by atoms with Crippen molar-refractivity contribution in [3.8, 4) is 12.1 Å². The van der Waals surface area contributed by atoms with E-state index in [9.17, 15) is 26.3 Å². The van der Waals surface area contributed by atoms with Crippen LogP contribution in [0.1, 0.15) is 20.9 Å². The highest BCUT2D eigenvalue weighted by Gasteiger charge is 2.80. The molecule has 0 aliphatic heterocycles. The van der Waals surface area contributed by atoms with Crippen molar-refractivity contribution in [1.82, 2.24) is 0 Å². The average molecular weight is 390 g/mol. The first kappa shape index (κ1) is 17.5. The average Bonchev–Trinajstić information content (AvgIpc) is 3.21. The van der Waals surface area contributed by atoms with Gasteiger partial charge in [-0.25, -0.2) is 0 Å². The van der Waals surface area contributed by atoms with Crippen molar-refractivity contribution in [2.75, 3.05) is 0 Å². The molecule has 0 spiro atoms. The molecule has 0 atom stereocenters. The van der Waals surface area contributed by atoms with Gasteiger partial charge in [-0.15, -0.1) is 22.7 Å². The van der Waals surface area contributed by atoms with Crippen molar-refractivity contribution in [1.29, 1.82) is 10.5 Å². The van der Waals surface area contributed by atoms with Crippen LogP contribution in [0.4, 0.5) is 26.3 Å². The summed E-state index contributed by atoms with van der Waals surface area (Å²) in [5.41, 5.74) is -4.04. The Labute approximate surface area is 144 Å². The number of alkyl halides is 6. The number of hydrogen-bond acceptors (Lipinski definition) is 4. The van der Waals surface area contributed by atoms with Crippen LogP contribution in [0.2, 0.25) is 0 Å². The maximum Gasteiger partial charge on any atom is 0.380 e. The fourth-order valence-corrected chi connectivity index (χ4v) is 4.38. The van der Waals surface area contributed by atoms with Gasteiger partial charge in [-0.1, -0.05) is 0 Å². The molecule has 0 N–H and O–H groups in total. The summed E-state index contributed by atoms with van der Waals surface area (Å²) in [5.74, 6) is -16.1. The summed E-state index contributed by atoms with van der Waals surface area (Å²) in [7, 11) is 0. The lowest BCUT2D eigenvalue weighted by atomic mass is 10.0. The number of rotatable bonds is 2. The maximum absolute atomic E-state index is 14.4. The molecular weight excluding hydrogens is 386 g/mol. The van der Waals surface area contributed by atoms with Crippen molar-refractivity contribution < 1.29 is 26.3 Å². The van der Waals surface area contributed by atoms with Crippen molar-refractivity contribution in [2.45, 2.75) is 17.8 Å². The minimum Gasteiger partial charge on any atom is -0.194 e. The molecular formula is C15H4F6N2S2. The van der Waals surface area contributed by atoms with Gasteiger partial charge in [0.2, 0.25) is 0 Å². The Bertz CT molecular complexity index is 895. The molecule has 2 aromatic heterocycles. The summed E-state index contributed by atoms with van der Waals surface area (Å²) < 4.78 is 85.4. The molecule has 0 amide bonds. The van der Waals surface area contributed by atoms with E-state index in [1.54, 1.807) is 0 Å². The van der Waals surface area contributed by atoms with Gasteiger partial charge in [-0.2, -0.15) is 36.9 Å². The number of thiophene rings is 2. The molecule has 2 nitrogen and oxygen atoms in total. The van der Waals surface area contributed by atoms with Crippen molar-refractivity contribution >= 4 is 33.8 Å². The van der Waals surface area contributed by atoms with Crippen LogP contribution in [-0.2, 0) is 0 Å². The molecule has 10 heteroatoms. The molecule has 0 aromatic carbocycles. The molecule has 25 heavy (non-hydrogen) atoms. The Morgan fingerprint density at radius 2 is 1.08 bits per heavy atom. The third kappa shape index (κ3) is 2.08. The Morgan fingerprint density at radius 1 is 0.720 bits per heavy atom. The highest BCUT2D eigenvalue weighted by Crippen LogP contribution is 2.66. The first-order valence-corrected chi connectivity index (χ1v) is 8.21. The molecule has 1 aliphatic rings. The molecule has 0 saturated carbocycles. The monoisotopic (exact) mass is 390 g/mol. The smallest absolute Gasteiger partial charge is 0.194 e. The van der Waals surface area contributed by atoms with Crippen molar-refractivity contribution in [3.63, 3.8) is 0 Å². The quantitative estimate of drug-likeness (QED) is 0.646. The Kier molecular flexibility index (Phi) is 3.75. The highest BCUT2D eigenvalue weighted by molar-refractivity contribution is 7.12. The topological polar surface area (TPSA) is 47.6 Å². The molecule has 0 fully saturated rings. The van der Waals surface area contributed by atoms with E-state index in [-0.39, 0.29) is 0 Å². The third-order valence-electron chi connectivity index (χ3n) is 3.69. The van der Waals surface area contributed by atoms with E-state index in [0.717, 1.165) is 12.1 Å². The lowest BCUT2D eigenvalue weighted by molar-refractivity contribution is -0.254. The van der Waals surface area contributed by atoms with Crippen LogP contribution >= 0.6 is 22.7 Å². The number of nitriles is 2. The van der Waals surface area contributed by atoms with E-state index in [0.29, 0.717) is 22.7 Å². The predicted octanol–water partition coefficient (Wildman–Crippen LogP) is 5.38. The first-order valence-electron chi connectivity index (χ1n) is 6.45. The van der Waals surface area contributed by atoms with Gasteiger partial charge < -0.3 is 0 Å².